The van der Waals surface area contributed by atoms with Gasteiger partial charge in [0.15, 0.2) is 0 Å². The van der Waals surface area contributed by atoms with Crippen LogP contribution in [0.5, 0.6) is 0 Å². The Balaban J connectivity index is 2.03. The molecule has 0 saturated heterocycles. The standard InChI is InChI=1S/C16H15ClN2/c17-15-4-2-1-3-14(15)11-19-8-7-13-6-5-12(10-18)9-16(13)19/h1-9H,10-11,18H2. The molecule has 0 amide bonds. The van der Waals surface area contributed by atoms with Crippen LogP contribution in [-0.4, -0.2) is 4.57 Å². The van der Waals surface area contributed by atoms with E-state index in [9.17, 15) is 0 Å². The summed E-state index contributed by atoms with van der Waals surface area (Å²) in [5.41, 5.74) is 9.17. The molecule has 0 aliphatic heterocycles. The first-order chi connectivity index (χ1) is 9.28. The number of halogens is 1. The number of aromatic nitrogens is 1. The van der Waals surface area contributed by atoms with Gasteiger partial charge in [0.2, 0.25) is 0 Å². The maximum absolute atomic E-state index is 6.22. The van der Waals surface area contributed by atoms with Crippen molar-refractivity contribution in [2.24, 2.45) is 5.73 Å². The number of hydrogen-bond donors (Lipinski definition) is 1. The molecule has 1 aromatic heterocycles. The summed E-state index contributed by atoms with van der Waals surface area (Å²) in [7, 11) is 0. The summed E-state index contributed by atoms with van der Waals surface area (Å²) >= 11 is 6.22. The molecule has 3 aromatic rings. The van der Waals surface area contributed by atoms with Gasteiger partial charge in [0.05, 0.1) is 0 Å². The van der Waals surface area contributed by atoms with E-state index in [1.165, 1.54) is 10.9 Å². The van der Waals surface area contributed by atoms with Gasteiger partial charge >= 0.3 is 0 Å². The first kappa shape index (κ1) is 12.3. The lowest BCUT2D eigenvalue weighted by Gasteiger charge is -2.08. The first-order valence-electron chi connectivity index (χ1n) is 6.29. The van der Waals surface area contributed by atoms with Crippen LogP contribution in [0.3, 0.4) is 0 Å². The topological polar surface area (TPSA) is 30.9 Å². The minimum Gasteiger partial charge on any atom is -0.343 e. The van der Waals surface area contributed by atoms with Gasteiger partial charge in [0.1, 0.15) is 0 Å². The Kier molecular flexibility index (Phi) is 3.28. The molecular formula is C16H15ClN2. The molecule has 0 spiro atoms. The fraction of sp³-hybridized carbons (Fsp3) is 0.125. The van der Waals surface area contributed by atoms with Crippen LogP contribution >= 0.6 is 11.6 Å². The van der Waals surface area contributed by atoms with E-state index >= 15 is 0 Å². The molecule has 0 radical (unpaired) electrons. The maximum atomic E-state index is 6.22. The van der Waals surface area contributed by atoms with Gasteiger partial charge in [0, 0.05) is 29.8 Å². The highest BCUT2D eigenvalue weighted by molar-refractivity contribution is 6.31. The minimum absolute atomic E-state index is 0.563. The van der Waals surface area contributed by atoms with Crippen molar-refractivity contribution in [2.45, 2.75) is 13.1 Å². The van der Waals surface area contributed by atoms with E-state index < -0.39 is 0 Å². The Morgan fingerprint density at radius 3 is 2.68 bits per heavy atom. The third-order valence-electron chi connectivity index (χ3n) is 3.37. The average Bonchev–Trinajstić information content (AvgIpc) is 2.84. The van der Waals surface area contributed by atoms with E-state index in [0.717, 1.165) is 22.7 Å². The van der Waals surface area contributed by atoms with Crippen molar-refractivity contribution in [3.05, 3.63) is 70.9 Å². The van der Waals surface area contributed by atoms with E-state index in [1.54, 1.807) is 0 Å². The van der Waals surface area contributed by atoms with Crippen molar-refractivity contribution in [3.8, 4) is 0 Å². The van der Waals surface area contributed by atoms with Crippen LogP contribution in [0.15, 0.2) is 54.7 Å². The second kappa shape index (κ2) is 5.08. The van der Waals surface area contributed by atoms with Gasteiger partial charge in [-0.3, -0.25) is 0 Å². The third-order valence-corrected chi connectivity index (χ3v) is 3.74. The van der Waals surface area contributed by atoms with Crippen molar-refractivity contribution >= 4 is 22.5 Å². The second-order valence-electron chi connectivity index (χ2n) is 4.63. The molecule has 3 rings (SSSR count). The summed E-state index contributed by atoms with van der Waals surface area (Å²) in [5.74, 6) is 0. The highest BCUT2D eigenvalue weighted by Crippen LogP contribution is 2.21. The predicted molar refractivity (Wildman–Crippen MR) is 80.4 cm³/mol. The Bertz CT molecular complexity index is 716. The van der Waals surface area contributed by atoms with Crippen molar-refractivity contribution in [1.29, 1.82) is 0 Å². The summed E-state index contributed by atoms with van der Waals surface area (Å²) in [6, 6.07) is 16.4. The summed E-state index contributed by atoms with van der Waals surface area (Å²) in [6.45, 7) is 1.34. The fourth-order valence-corrected chi connectivity index (χ4v) is 2.50. The highest BCUT2D eigenvalue weighted by Gasteiger charge is 2.05. The largest absolute Gasteiger partial charge is 0.343 e. The van der Waals surface area contributed by atoms with Crippen LogP contribution < -0.4 is 5.73 Å². The molecule has 2 N–H and O–H groups in total. The Morgan fingerprint density at radius 2 is 1.89 bits per heavy atom. The molecule has 0 saturated carbocycles. The van der Waals surface area contributed by atoms with E-state index in [2.05, 4.69) is 41.1 Å². The van der Waals surface area contributed by atoms with Crippen molar-refractivity contribution in [3.63, 3.8) is 0 Å². The van der Waals surface area contributed by atoms with Crippen molar-refractivity contribution in [1.82, 2.24) is 4.57 Å². The molecule has 3 heteroatoms. The van der Waals surface area contributed by atoms with Crippen LogP contribution in [0.25, 0.3) is 10.9 Å². The van der Waals surface area contributed by atoms with E-state index in [4.69, 9.17) is 17.3 Å². The third kappa shape index (κ3) is 2.37. The molecule has 0 unspecified atom stereocenters. The lowest BCUT2D eigenvalue weighted by Crippen LogP contribution is -2.00. The molecule has 0 aliphatic rings. The quantitative estimate of drug-likeness (QED) is 0.771. The summed E-state index contributed by atoms with van der Waals surface area (Å²) in [4.78, 5) is 0. The zero-order valence-corrected chi connectivity index (χ0v) is 11.3. The van der Waals surface area contributed by atoms with E-state index in [1.807, 2.05) is 18.2 Å². The normalized spacial score (nSPS) is 11.1. The zero-order chi connectivity index (χ0) is 13.2. The number of nitrogens with zero attached hydrogens (tertiary/aromatic N) is 1. The molecule has 0 atom stereocenters. The van der Waals surface area contributed by atoms with Crippen LogP contribution in [0, 0.1) is 0 Å². The SMILES string of the molecule is NCc1ccc2ccn(Cc3ccccc3Cl)c2c1. The average molecular weight is 271 g/mol. The first-order valence-corrected chi connectivity index (χ1v) is 6.67. The number of nitrogens with two attached hydrogens (primary N) is 1. The summed E-state index contributed by atoms with van der Waals surface area (Å²) in [6.07, 6.45) is 2.09. The van der Waals surface area contributed by atoms with Gasteiger partial charge in [-0.25, -0.2) is 0 Å². The Labute approximate surface area is 117 Å². The molecule has 0 fully saturated rings. The predicted octanol–water partition coefficient (Wildman–Crippen LogP) is 3.80. The number of benzene rings is 2. The Hall–Kier alpha value is -1.77. The Morgan fingerprint density at radius 1 is 1.05 bits per heavy atom. The lowest BCUT2D eigenvalue weighted by atomic mass is 10.1. The summed E-state index contributed by atoms with van der Waals surface area (Å²) in [5, 5.41) is 2.03. The van der Waals surface area contributed by atoms with Gasteiger partial charge in [-0.05, 0) is 34.7 Å². The number of hydrogen-bond acceptors (Lipinski definition) is 1. The summed E-state index contributed by atoms with van der Waals surface area (Å²) < 4.78 is 2.20. The smallest absolute Gasteiger partial charge is 0.0490 e. The molecule has 0 bridgehead atoms. The van der Waals surface area contributed by atoms with Gasteiger partial charge < -0.3 is 10.3 Å². The van der Waals surface area contributed by atoms with Crippen LogP contribution in [0.1, 0.15) is 11.1 Å². The molecule has 19 heavy (non-hydrogen) atoms. The van der Waals surface area contributed by atoms with Gasteiger partial charge in [-0.2, -0.15) is 0 Å². The molecule has 96 valence electrons. The van der Waals surface area contributed by atoms with E-state index in [0.29, 0.717) is 6.54 Å². The maximum Gasteiger partial charge on any atom is 0.0490 e. The number of fused-ring (bicyclic) bond motifs is 1. The minimum atomic E-state index is 0.563. The van der Waals surface area contributed by atoms with E-state index in [-0.39, 0.29) is 0 Å². The van der Waals surface area contributed by atoms with Crippen molar-refractivity contribution in [2.75, 3.05) is 0 Å². The van der Waals surface area contributed by atoms with Gasteiger partial charge in [-0.1, -0.05) is 41.9 Å². The molecule has 1 heterocycles. The molecule has 2 aromatic carbocycles. The molecule has 2 nitrogen and oxygen atoms in total. The highest BCUT2D eigenvalue weighted by atomic mass is 35.5. The van der Waals surface area contributed by atoms with Crippen LogP contribution in [0.2, 0.25) is 5.02 Å². The molecular weight excluding hydrogens is 256 g/mol. The zero-order valence-electron chi connectivity index (χ0n) is 10.5. The van der Waals surface area contributed by atoms with Crippen LogP contribution in [0.4, 0.5) is 0 Å². The monoisotopic (exact) mass is 270 g/mol. The van der Waals surface area contributed by atoms with Gasteiger partial charge in [0.25, 0.3) is 0 Å². The van der Waals surface area contributed by atoms with Crippen LogP contribution in [-0.2, 0) is 13.1 Å². The molecule has 0 aliphatic carbocycles. The lowest BCUT2D eigenvalue weighted by molar-refractivity contribution is 0.836. The fourth-order valence-electron chi connectivity index (χ4n) is 2.30. The number of rotatable bonds is 3. The second-order valence-corrected chi connectivity index (χ2v) is 5.04. The van der Waals surface area contributed by atoms with Crippen molar-refractivity contribution < 1.29 is 0 Å². The van der Waals surface area contributed by atoms with Gasteiger partial charge in [-0.15, -0.1) is 0 Å².